The van der Waals surface area contributed by atoms with Crippen LogP contribution in [0.15, 0.2) is 42.6 Å². The predicted molar refractivity (Wildman–Crippen MR) is 81.0 cm³/mol. The van der Waals surface area contributed by atoms with Crippen molar-refractivity contribution in [3.63, 3.8) is 0 Å². The number of amides is 1. The van der Waals surface area contributed by atoms with Gasteiger partial charge in [-0.05, 0) is 24.6 Å². The maximum absolute atomic E-state index is 12.4. The number of carbonyl (C=O) groups excluding carboxylic acids is 1. The minimum absolute atomic E-state index is 0.0781. The highest BCUT2D eigenvalue weighted by Gasteiger charge is 2.17. The first kappa shape index (κ1) is 13.1. The van der Waals surface area contributed by atoms with Crippen molar-refractivity contribution in [2.45, 2.75) is 25.3 Å². The van der Waals surface area contributed by atoms with Crippen molar-refractivity contribution in [1.82, 2.24) is 10.3 Å². The van der Waals surface area contributed by atoms with Crippen LogP contribution in [0, 0.1) is 0 Å². The number of benzene rings is 1. The zero-order valence-electron chi connectivity index (χ0n) is 11.0. The number of hydrogen-bond donors (Lipinski definition) is 1. The summed E-state index contributed by atoms with van der Waals surface area (Å²) < 4.78 is 0. The highest BCUT2D eigenvalue weighted by molar-refractivity contribution is 6.34. The topological polar surface area (TPSA) is 42.0 Å². The molecule has 1 heterocycles. The molecular weight excluding hydrogens is 272 g/mol. The lowest BCUT2D eigenvalue weighted by Gasteiger charge is -2.19. The van der Waals surface area contributed by atoms with E-state index in [4.69, 9.17) is 11.6 Å². The molecule has 1 amide bonds. The fourth-order valence-corrected chi connectivity index (χ4v) is 2.74. The Kier molecular flexibility index (Phi) is 3.70. The highest BCUT2D eigenvalue weighted by atomic mass is 35.5. The third-order valence-corrected chi connectivity index (χ3v) is 3.90. The molecule has 0 fully saturated rings. The monoisotopic (exact) mass is 286 g/mol. The van der Waals surface area contributed by atoms with Gasteiger partial charge in [-0.2, -0.15) is 0 Å². The maximum Gasteiger partial charge on any atom is 0.253 e. The predicted octanol–water partition coefficient (Wildman–Crippen LogP) is 3.73. The van der Waals surface area contributed by atoms with Crippen LogP contribution in [0.5, 0.6) is 0 Å². The Morgan fingerprint density at radius 2 is 2.05 bits per heavy atom. The summed E-state index contributed by atoms with van der Waals surface area (Å²) in [7, 11) is 0. The van der Waals surface area contributed by atoms with E-state index in [9.17, 15) is 4.79 Å². The summed E-state index contributed by atoms with van der Waals surface area (Å²) in [5.41, 5.74) is 0.583. The number of halogens is 1. The smallest absolute Gasteiger partial charge is 0.253 e. The summed E-state index contributed by atoms with van der Waals surface area (Å²) in [5, 5.41) is 5.16. The Labute approximate surface area is 122 Å². The summed E-state index contributed by atoms with van der Waals surface area (Å²) in [6, 6.07) is 7.79. The van der Waals surface area contributed by atoms with Crippen LogP contribution in [0.25, 0.3) is 10.8 Å². The van der Waals surface area contributed by atoms with Gasteiger partial charge in [-0.15, -0.1) is 0 Å². The van der Waals surface area contributed by atoms with E-state index >= 15 is 0 Å². The summed E-state index contributed by atoms with van der Waals surface area (Å²) >= 11 is 6.07. The number of hydrogen-bond acceptors (Lipinski definition) is 2. The SMILES string of the molecule is O=C(NC1CC=CCC1)c1cnc(Cl)c2ccccc12. The number of pyridine rings is 1. The van der Waals surface area contributed by atoms with E-state index in [1.165, 1.54) is 0 Å². The van der Waals surface area contributed by atoms with E-state index in [1.807, 2.05) is 24.3 Å². The molecule has 1 aliphatic rings. The molecule has 1 aliphatic carbocycles. The molecule has 0 spiro atoms. The van der Waals surface area contributed by atoms with Gasteiger partial charge in [-0.25, -0.2) is 4.98 Å². The molecule has 0 saturated heterocycles. The average Bonchev–Trinajstić information content (AvgIpc) is 2.49. The number of fused-ring (bicyclic) bond motifs is 1. The van der Waals surface area contributed by atoms with Crippen molar-refractivity contribution >= 4 is 28.3 Å². The minimum Gasteiger partial charge on any atom is -0.349 e. The Morgan fingerprint density at radius 1 is 1.25 bits per heavy atom. The summed E-state index contributed by atoms with van der Waals surface area (Å²) in [6.45, 7) is 0. The quantitative estimate of drug-likeness (QED) is 0.675. The number of nitrogens with zero attached hydrogens (tertiary/aromatic N) is 1. The van der Waals surface area contributed by atoms with E-state index < -0.39 is 0 Å². The second-order valence-electron chi connectivity index (χ2n) is 4.96. The molecule has 1 aromatic carbocycles. The van der Waals surface area contributed by atoms with Crippen molar-refractivity contribution in [2.75, 3.05) is 0 Å². The maximum atomic E-state index is 12.4. The summed E-state index contributed by atoms with van der Waals surface area (Å²) in [5.74, 6) is -0.0781. The molecule has 0 aliphatic heterocycles. The van der Waals surface area contributed by atoms with Crippen molar-refractivity contribution in [3.8, 4) is 0 Å². The molecule has 1 N–H and O–H groups in total. The molecule has 1 unspecified atom stereocenters. The van der Waals surface area contributed by atoms with E-state index in [1.54, 1.807) is 6.20 Å². The fourth-order valence-electron chi connectivity index (χ4n) is 2.53. The van der Waals surface area contributed by atoms with Crippen molar-refractivity contribution in [3.05, 3.63) is 53.3 Å². The standard InChI is InChI=1S/C16H15ClN2O/c17-15-13-9-5-4-8-12(13)14(10-18-15)16(20)19-11-6-2-1-3-7-11/h1-2,4-5,8-11H,3,6-7H2,(H,19,20). The molecule has 0 radical (unpaired) electrons. The average molecular weight is 287 g/mol. The second-order valence-corrected chi connectivity index (χ2v) is 5.32. The van der Waals surface area contributed by atoms with Gasteiger partial charge < -0.3 is 5.32 Å². The van der Waals surface area contributed by atoms with Gasteiger partial charge in [-0.3, -0.25) is 4.79 Å². The number of allylic oxidation sites excluding steroid dienone is 1. The second kappa shape index (κ2) is 5.63. The van der Waals surface area contributed by atoms with Crippen molar-refractivity contribution in [1.29, 1.82) is 0 Å². The molecular formula is C16H15ClN2O. The number of aromatic nitrogens is 1. The summed E-state index contributed by atoms with van der Waals surface area (Å²) in [4.78, 5) is 16.5. The lowest BCUT2D eigenvalue weighted by Crippen LogP contribution is -2.35. The molecule has 4 heteroatoms. The Balaban J connectivity index is 1.91. The van der Waals surface area contributed by atoms with Crippen molar-refractivity contribution in [2.24, 2.45) is 0 Å². The van der Waals surface area contributed by atoms with E-state index in [2.05, 4.69) is 22.5 Å². The number of carbonyl (C=O) groups is 1. The fraction of sp³-hybridized carbons (Fsp3) is 0.250. The molecule has 3 rings (SSSR count). The third kappa shape index (κ3) is 2.54. The van der Waals surface area contributed by atoms with Gasteiger partial charge >= 0.3 is 0 Å². The van der Waals surface area contributed by atoms with Crippen LogP contribution < -0.4 is 5.32 Å². The lowest BCUT2D eigenvalue weighted by molar-refractivity contribution is 0.0936. The van der Waals surface area contributed by atoms with Crippen LogP contribution in [0.3, 0.4) is 0 Å². The first-order valence-electron chi connectivity index (χ1n) is 6.75. The zero-order chi connectivity index (χ0) is 13.9. The van der Waals surface area contributed by atoms with E-state index in [-0.39, 0.29) is 11.9 Å². The number of nitrogens with one attached hydrogen (secondary N) is 1. The molecule has 0 saturated carbocycles. The molecule has 2 aromatic rings. The van der Waals surface area contributed by atoms with Crippen LogP contribution in [0.4, 0.5) is 0 Å². The first-order valence-corrected chi connectivity index (χ1v) is 7.12. The van der Waals surface area contributed by atoms with Gasteiger partial charge in [0.2, 0.25) is 0 Å². The molecule has 3 nitrogen and oxygen atoms in total. The molecule has 102 valence electrons. The zero-order valence-corrected chi connectivity index (χ0v) is 11.7. The van der Waals surface area contributed by atoms with Gasteiger partial charge in [-0.1, -0.05) is 48.0 Å². The molecule has 1 atom stereocenters. The van der Waals surface area contributed by atoms with Gasteiger partial charge in [0, 0.05) is 17.6 Å². The highest BCUT2D eigenvalue weighted by Crippen LogP contribution is 2.24. The van der Waals surface area contributed by atoms with Gasteiger partial charge in [0.25, 0.3) is 5.91 Å². The van der Waals surface area contributed by atoms with Crippen LogP contribution >= 0.6 is 11.6 Å². The van der Waals surface area contributed by atoms with Gasteiger partial charge in [0.05, 0.1) is 5.56 Å². The Bertz CT molecular complexity index is 681. The first-order chi connectivity index (χ1) is 9.75. The number of rotatable bonds is 2. The molecule has 20 heavy (non-hydrogen) atoms. The minimum atomic E-state index is -0.0781. The lowest BCUT2D eigenvalue weighted by atomic mass is 10.0. The van der Waals surface area contributed by atoms with Gasteiger partial charge in [0.15, 0.2) is 0 Å². The van der Waals surface area contributed by atoms with Crippen molar-refractivity contribution < 1.29 is 4.79 Å². The van der Waals surface area contributed by atoms with Crippen LogP contribution in [-0.2, 0) is 0 Å². The normalized spacial score (nSPS) is 18.1. The van der Waals surface area contributed by atoms with Crippen LogP contribution in [0.1, 0.15) is 29.6 Å². The Hall–Kier alpha value is -1.87. The Morgan fingerprint density at radius 3 is 2.80 bits per heavy atom. The third-order valence-electron chi connectivity index (χ3n) is 3.60. The summed E-state index contributed by atoms with van der Waals surface area (Å²) in [6.07, 6.45) is 8.73. The van der Waals surface area contributed by atoms with E-state index in [0.717, 1.165) is 30.0 Å². The molecule has 0 bridgehead atoms. The molecule has 1 aromatic heterocycles. The van der Waals surface area contributed by atoms with Gasteiger partial charge in [0.1, 0.15) is 5.15 Å². The van der Waals surface area contributed by atoms with E-state index in [0.29, 0.717) is 10.7 Å². The van der Waals surface area contributed by atoms with Crippen LogP contribution in [0.2, 0.25) is 5.15 Å². The van der Waals surface area contributed by atoms with Crippen LogP contribution in [-0.4, -0.2) is 16.9 Å². The largest absolute Gasteiger partial charge is 0.349 e.